The molecule has 20 heavy (non-hydrogen) atoms. The van der Waals surface area contributed by atoms with E-state index in [1.807, 2.05) is 0 Å². The van der Waals surface area contributed by atoms with Gasteiger partial charge in [0.25, 0.3) is 0 Å². The zero-order chi connectivity index (χ0) is 14.4. The largest absolute Gasteiger partial charge is 0.504 e. The Kier molecular flexibility index (Phi) is 2.50. The van der Waals surface area contributed by atoms with Gasteiger partial charge in [-0.1, -0.05) is 12.1 Å². The molecular weight excluding hydrogens is 260 g/mol. The van der Waals surface area contributed by atoms with E-state index in [9.17, 15) is 20.4 Å². The molecular formula is C15H12O5. The lowest BCUT2D eigenvalue weighted by Gasteiger charge is -2.12. The highest BCUT2D eigenvalue weighted by molar-refractivity contribution is 6.13. The van der Waals surface area contributed by atoms with Crippen molar-refractivity contribution < 1.29 is 25.2 Å². The second-order valence-corrected chi connectivity index (χ2v) is 4.50. The molecule has 0 atom stereocenters. The molecule has 5 nitrogen and oxygen atoms in total. The van der Waals surface area contributed by atoms with Gasteiger partial charge in [-0.2, -0.15) is 0 Å². The average Bonchev–Trinajstić information content (AvgIpc) is 2.42. The van der Waals surface area contributed by atoms with Crippen LogP contribution in [0.15, 0.2) is 30.3 Å². The number of hydrogen-bond donors (Lipinski definition) is 4. The number of rotatable bonds is 1. The quantitative estimate of drug-likeness (QED) is 0.404. The summed E-state index contributed by atoms with van der Waals surface area (Å²) in [4.78, 5) is 0. The van der Waals surface area contributed by atoms with Gasteiger partial charge in [0.15, 0.2) is 23.0 Å². The van der Waals surface area contributed by atoms with Gasteiger partial charge >= 0.3 is 0 Å². The van der Waals surface area contributed by atoms with Crippen molar-refractivity contribution in [3.63, 3.8) is 0 Å². The van der Waals surface area contributed by atoms with Gasteiger partial charge in [0, 0.05) is 5.39 Å². The van der Waals surface area contributed by atoms with Gasteiger partial charge in [0.05, 0.1) is 7.11 Å². The van der Waals surface area contributed by atoms with Gasteiger partial charge in [-0.05, 0) is 34.4 Å². The van der Waals surface area contributed by atoms with Gasteiger partial charge in [0.2, 0.25) is 5.75 Å². The van der Waals surface area contributed by atoms with Crippen molar-refractivity contribution >= 4 is 21.5 Å². The molecule has 0 bridgehead atoms. The molecule has 3 rings (SSSR count). The third-order valence-electron chi connectivity index (χ3n) is 3.33. The van der Waals surface area contributed by atoms with E-state index in [0.717, 1.165) is 0 Å². The summed E-state index contributed by atoms with van der Waals surface area (Å²) >= 11 is 0. The van der Waals surface area contributed by atoms with Crippen LogP contribution in [0.1, 0.15) is 0 Å². The predicted octanol–water partition coefficient (Wildman–Crippen LogP) is 2.82. The maximum atomic E-state index is 9.89. The standard InChI is InChI=1S/C15H12O5/c1-20-15-13-8(5-12(18)14(15)19)3-2-7-4-10(16)11(17)6-9(7)13/h2-6,16-19H,1H3. The fourth-order valence-electron chi connectivity index (χ4n) is 2.39. The zero-order valence-electron chi connectivity index (χ0n) is 10.6. The zero-order valence-corrected chi connectivity index (χ0v) is 10.6. The topological polar surface area (TPSA) is 90.2 Å². The minimum atomic E-state index is -0.361. The number of phenolic OH excluding ortho intramolecular Hbond substituents is 4. The van der Waals surface area contributed by atoms with Crippen LogP contribution in [0.5, 0.6) is 28.7 Å². The SMILES string of the molecule is COc1c(O)c(O)cc2ccc3cc(O)c(O)cc3c12. The number of methoxy groups -OCH3 is 1. The molecule has 102 valence electrons. The highest BCUT2D eigenvalue weighted by atomic mass is 16.5. The van der Waals surface area contributed by atoms with E-state index in [1.165, 1.54) is 25.3 Å². The minimum absolute atomic E-state index is 0.121. The van der Waals surface area contributed by atoms with E-state index in [0.29, 0.717) is 21.5 Å². The molecule has 0 fully saturated rings. The molecule has 0 radical (unpaired) electrons. The van der Waals surface area contributed by atoms with Crippen molar-refractivity contribution in [3.05, 3.63) is 30.3 Å². The number of ether oxygens (including phenoxy) is 1. The third kappa shape index (κ3) is 1.56. The summed E-state index contributed by atoms with van der Waals surface area (Å²) in [6, 6.07) is 7.71. The van der Waals surface area contributed by atoms with Crippen LogP contribution < -0.4 is 4.74 Å². The van der Waals surface area contributed by atoms with E-state index in [4.69, 9.17) is 4.74 Å². The van der Waals surface area contributed by atoms with Crippen molar-refractivity contribution in [2.75, 3.05) is 7.11 Å². The normalized spacial score (nSPS) is 11.1. The maximum absolute atomic E-state index is 9.89. The van der Waals surface area contributed by atoms with Crippen LogP contribution in [0, 0.1) is 0 Å². The molecule has 0 amide bonds. The molecule has 0 aliphatic heterocycles. The number of hydrogen-bond acceptors (Lipinski definition) is 5. The van der Waals surface area contributed by atoms with Crippen molar-refractivity contribution in [2.45, 2.75) is 0 Å². The van der Waals surface area contributed by atoms with E-state index < -0.39 is 0 Å². The summed E-state index contributed by atoms with van der Waals surface area (Å²) < 4.78 is 5.16. The number of benzene rings is 3. The van der Waals surface area contributed by atoms with Crippen molar-refractivity contribution in [3.8, 4) is 28.7 Å². The molecule has 0 heterocycles. The molecule has 0 aliphatic carbocycles. The first-order valence-electron chi connectivity index (χ1n) is 5.90. The smallest absolute Gasteiger partial charge is 0.201 e. The molecule has 3 aromatic rings. The van der Waals surface area contributed by atoms with E-state index >= 15 is 0 Å². The monoisotopic (exact) mass is 272 g/mol. The Balaban J connectivity index is 2.58. The Labute approximate surface area is 113 Å². The lowest BCUT2D eigenvalue weighted by atomic mass is 9.99. The summed E-state index contributed by atoms with van der Waals surface area (Å²) in [5, 5.41) is 41.3. The molecule has 0 unspecified atom stereocenters. The second-order valence-electron chi connectivity index (χ2n) is 4.50. The third-order valence-corrected chi connectivity index (χ3v) is 3.33. The van der Waals surface area contributed by atoms with E-state index in [2.05, 4.69) is 0 Å². The Morgan fingerprint density at radius 3 is 2.10 bits per heavy atom. The van der Waals surface area contributed by atoms with E-state index in [-0.39, 0.29) is 28.7 Å². The van der Waals surface area contributed by atoms with Crippen molar-refractivity contribution in [2.24, 2.45) is 0 Å². The summed E-state index contributed by atoms with van der Waals surface area (Å²) in [5.41, 5.74) is 0. The number of aromatic hydroxyl groups is 4. The Bertz CT molecular complexity index is 839. The predicted molar refractivity (Wildman–Crippen MR) is 74.7 cm³/mol. The van der Waals surface area contributed by atoms with Crippen LogP contribution in [0.25, 0.3) is 21.5 Å². The fourth-order valence-corrected chi connectivity index (χ4v) is 2.39. The highest BCUT2D eigenvalue weighted by Crippen LogP contribution is 2.46. The lowest BCUT2D eigenvalue weighted by molar-refractivity contribution is 0.355. The number of fused-ring (bicyclic) bond motifs is 3. The molecule has 0 spiro atoms. The Hall–Kier alpha value is -2.82. The van der Waals surface area contributed by atoms with Crippen LogP contribution in [-0.4, -0.2) is 27.5 Å². The first-order chi connectivity index (χ1) is 9.52. The van der Waals surface area contributed by atoms with Gasteiger partial charge < -0.3 is 25.2 Å². The minimum Gasteiger partial charge on any atom is -0.504 e. The van der Waals surface area contributed by atoms with Crippen LogP contribution in [-0.2, 0) is 0 Å². The highest BCUT2D eigenvalue weighted by Gasteiger charge is 2.16. The Morgan fingerprint density at radius 1 is 0.800 bits per heavy atom. The van der Waals surface area contributed by atoms with Crippen molar-refractivity contribution in [1.82, 2.24) is 0 Å². The van der Waals surface area contributed by atoms with Gasteiger partial charge in [0.1, 0.15) is 0 Å². The first kappa shape index (κ1) is 12.2. The molecule has 0 saturated heterocycles. The average molecular weight is 272 g/mol. The number of phenols is 4. The van der Waals surface area contributed by atoms with Crippen LogP contribution in [0.4, 0.5) is 0 Å². The molecule has 4 N–H and O–H groups in total. The Morgan fingerprint density at radius 2 is 1.40 bits per heavy atom. The summed E-state index contributed by atoms with van der Waals surface area (Å²) in [6.45, 7) is 0. The second kappa shape index (κ2) is 4.09. The van der Waals surface area contributed by atoms with Gasteiger partial charge in [-0.15, -0.1) is 0 Å². The molecule has 5 heteroatoms. The summed E-state index contributed by atoms with van der Waals surface area (Å²) in [5.74, 6) is -1.01. The van der Waals surface area contributed by atoms with Crippen LogP contribution in [0.3, 0.4) is 0 Å². The van der Waals surface area contributed by atoms with Crippen molar-refractivity contribution in [1.29, 1.82) is 0 Å². The van der Waals surface area contributed by atoms with E-state index in [1.54, 1.807) is 12.1 Å². The van der Waals surface area contributed by atoms with Gasteiger partial charge in [-0.3, -0.25) is 0 Å². The molecule has 0 aromatic heterocycles. The fraction of sp³-hybridized carbons (Fsp3) is 0.0667. The van der Waals surface area contributed by atoms with Gasteiger partial charge in [-0.25, -0.2) is 0 Å². The summed E-state index contributed by atoms with van der Waals surface area (Å²) in [7, 11) is 1.38. The lowest BCUT2D eigenvalue weighted by Crippen LogP contribution is -1.88. The molecule has 0 aliphatic rings. The summed E-state index contributed by atoms with van der Waals surface area (Å²) in [6.07, 6.45) is 0. The van der Waals surface area contributed by atoms with Crippen LogP contribution >= 0.6 is 0 Å². The first-order valence-corrected chi connectivity index (χ1v) is 5.90. The maximum Gasteiger partial charge on any atom is 0.201 e. The van der Waals surface area contributed by atoms with Crippen LogP contribution in [0.2, 0.25) is 0 Å². The molecule has 0 saturated carbocycles. The molecule has 3 aromatic carbocycles.